The summed E-state index contributed by atoms with van der Waals surface area (Å²) in [5, 5.41) is 15.7. The van der Waals surface area contributed by atoms with Gasteiger partial charge in [-0.2, -0.15) is 0 Å². The smallest absolute Gasteiger partial charge is 0.319 e. The molecule has 0 spiro atoms. The molecule has 0 saturated carbocycles. The SMILES string of the molecule is COc1cccc(CSc2nnc(CNC(=O)Nc3ccc(Cl)cc3)n2-c2ccc(C)cc2)c1. The van der Waals surface area contributed by atoms with Crippen LogP contribution in [0.25, 0.3) is 5.69 Å². The fourth-order valence-electron chi connectivity index (χ4n) is 3.24. The molecule has 34 heavy (non-hydrogen) atoms. The van der Waals surface area contributed by atoms with Crippen molar-refractivity contribution in [2.24, 2.45) is 0 Å². The largest absolute Gasteiger partial charge is 0.497 e. The maximum Gasteiger partial charge on any atom is 0.319 e. The van der Waals surface area contributed by atoms with Crippen LogP contribution in [0.3, 0.4) is 0 Å². The first-order valence-corrected chi connectivity index (χ1v) is 12.0. The van der Waals surface area contributed by atoms with Crippen molar-refractivity contribution in [2.45, 2.75) is 24.4 Å². The van der Waals surface area contributed by atoms with Crippen LogP contribution in [0.2, 0.25) is 5.02 Å². The number of anilines is 1. The summed E-state index contributed by atoms with van der Waals surface area (Å²) in [7, 11) is 1.66. The molecule has 0 aliphatic carbocycles. The van der Waals surface area contributed by atoms with Crippen molar-refractivity contribution in [3.05, 3.63) is 94.8 Å². The molecule has 2 amide bonds. The quantitative estimate of drug-likeness (QED) is 0.301. The van der Waals surface area contributed by atoms with Crippen molar-refractivity contribution in [3.8, 4) is 11.4 Å². The van der Waals surface area contributed by atoms with Crippen LogP contribution in [-0.4, -0.2) is 27.9 Å². The van der Waals surface area contributed by atoms with E-state index in [1.165, 1.54) is 0 Å². The van der Waals surface area contributed by atoms with Crippen LogP contribution < -0.4 is 15.4 Å². The summed E-state index contributed by atoms with van der Waals surface area (Å²) in [6.07, 6.45) is 0. The van der Waals surface area contributed by atoms with E-state index in [-0.39, 0.29) is 12.6 Å². The van der Waals surface area contributed by atoms with Gasteiger partial charge in [0.2, 0.25) is 0 Å². The number of thioether (sulfide) groups is 1. The first-order valence-electron chi connectivity index (χ1n) is 10.6. The Kier molecular flexibility index (Phi) is 7.72. The lowest BCUT2D eigenvalue weighted by molar-refractivity contribution is 0.251. The van der Waals surface area contributed by atoms with E-state index in [1.54, 1.807) is 43.1 Å². The fraction of sp³-hybridized carbons (Fsp3) is 0.160. The number of urea groups is 1. The molecule has 1 aromatic heterocycles. The molecule has 0 saturated heterocycles. The topological polar surface area (TPSA) is 81.1 Å². The normalized spacial score (nSPS) is 10.7. The fourth-order valence-corrected chi connectivity index (χ4v) is 4.28. The van der Waals surface area contributed by atoms with Crippen molar-refractivity contribution in [1.29, 1.82) is 0 Å². The predicted molar refractivity (Wildman–Crippen MR) is 136 cm³/mol. The van der Waals surface area contributed by atoms with Crippen LogP contribution in [0.15, 0.2) is 78.0 Å². The molecule has 7 nitrogen and oxygen atoms in total. The van der Waals surface area contributed by atoms with Gasteiger partial charge in [-0.1, -0.05) is 53.2 Å². The zero-order chi connectivity index (χ0) is 23.9. The van der Waals surface area contributed by atoms with E-state index in [9.17, 15) is 4.79 Å². The third-order valence-corrected chi connectivity index (χ3v) is 6.26. The molecule has 3 aromatic carbocycles. The molecule has 0 fully saturated rings. The van der Waals surface area contributed by atoms with Gasteiger partial charge < -0.3 is 15.4 Å². The number of amides is 2. The van der Waals surface area contributed by atoms with Gasteiger partial charge in [-0.3, -0.25) is 4.57 Å². The third-order valence-electron chi connectivity index (χ3n) is 5.00. The van der Waals surface area contributed by atoms with E-state index in [1.807, 2.05) is 60.0 Å². The Balaban J connectivity index is 1.50. The molecular weight excluding hydrogens is 470 g/mol. The summed E-state index contributed by atoms with van der Waals surface area (Å²) in [6.45, 7) is 2.25. The highest BCUT2D eigenvalue weighted by molar-refractivity contribution is 7.98. The lowest BCUT2D eigenvalue weighted by atomic mass is 10.2. The number of nitrogens with one attached hydrogen (secondary N) is 2. The zero-order valence-corrected chi connectivity index (χ0v) is 20.4. The Morgan fingerprint density at radius 2 is 1.82 bits per heavy atom. The van der Waals surface area contributed by atoms with Gasteiger partial charge in [0.1, 0.15) is 5.75 Å². The number of hydrogen-bond acceptors (Lipinski definition) is 5. The highest BCUT2D eigenvalue weighted by atomic mass is 35.5. The second kappa shape index (κ2) is 11.1. The second-order valence-corrected chi connectivity index (χ2v) is 8.90. The summed E-state index contributed by atoms with van der Waals surface area (Å²) >= 11 is 7.47. The lowest BCUT2D eigenvalue weighted by Crippen LogP contribution is -2.29. The summed E-state index contributed by atoms with van der Waals surface area (Å²) < 4.78 is 7.29. The maximum absolute atomic E-state index is 12.4. The average molecular weight is 494 g/mol. The third kappa shape index (κ3) is 6.09. The van der Waals surface area contributed by atoms with Gasteiger partial charge in [0, 0.05) is 22.2 Å². The Labute approximate surface area is 207 Å². The number of halogens is 1. The van der Waals surface area contributed by atoms with Gasteiger partial charge in [-0.05, 0) is 61.0 Å². The minimum atomic E-state index is -0.341. The van der Waals surface area contributed by atoms with Crippen LogP contribution in [-0.2, 0) is 12.3 Å². The number of nitrogens with zero attached hydrogens (tertiary/aromatic N) is 3. The number of ether oxygens (including phenoxy) is 1. The Morgan fingerprint density at radius 1 is 1.06 bits per heavy atom. The summed E-state index contributed by atoms with van der Waals surface area (Å²) in [4.78, 5) is 12.4. The van der Waals surface area contributed by atoms with Crippen LogP contribution in [0.1, 0.15) is 17.0 Å². The summed E-state index contributed by atoms with van der Waals surface area (Å²) in [6, 6.07) is 22.6. The van der Waals surface area contributed by atoms with Crippen molar-refractivity contribution < 1.29 is 9.53 Å². The lowest BCUT2D eigenvalue weighted by Gasteiger charge is -2.12. The van der Waals surface area contributed by atoms with Crippen molar-refractivity contribution >= 4 is 35.1 Å². The highest BCUT2D eigenvalue weighted by Crippen LogP contribution is 2.27. The number of aryl methyl sites for hydroxylation is 1. The molecular formula is C25H24ClN5O2S. The van der Waals surface area contributed by atoms with Gasteiger partial charge in [0.05, 0.1) is 13.7 Å². The van der Waals surface area contributed by atoms with Gasteiger partial charge >= 0.3 is 6.03 Å². The molecule has 2 N–H and O–H groups in total. The molecule has 9 heteroatoms. The van der Waals surface area contributed by atoms with Crippen LogP contribution >= 0.6 is 23.4 Å². The van der Waals surface area contributed by atoms with E-state index < -0.39 is 0 Å². The van der Waals surface area contributed by atoms with Gasteiger partial charge in [-0.25, -0.2) is 4.79 Å². The van der Waals surface area contributed by atoms with Crippen molar-refractivity contribution in [3.63, 3.8) is 0 Å². The molecule has 174 valence electrons. The number of hydrogen-bond donors (Lipinski definition) is 2. The van der Waals surface area contributed by atoms with Gasteiger partial charge in [0.25, 0.3) is 0 Å². The van der Waals surface area contributed by atoms with Crippen molar-refractivity contribution in [2.75, 3.05) is 12.4 Å². The molecule has 0 aliphatic heterocycles. The van der Waals surface area contributed by atoms with E-state index in [2.05, 4.69) is 20.8 Å². The van der Waals surface area contributed by atoms with E-state index in [4.69, 9.17) is 16.3 Å². The summed E-state index contributed by atoms with van der Waals surface area (Å²) in [5.41, 5.74) is 3.85. The molecule has 0 atom stereocenters. The van der Waals surface area contributed by atoms with E-state index in [0.717, 1.165) is 27.7 Å². The molecule has 0 bridgehead atoms. The standard InChI is InChI=1S/C25H24ClN5O2S/c1-17-6-12-21(13-7-17)31-23(15-27-24(32)28-20-10-8-19(26)9-11-20)29-30-25(31)34-16-18-4-3-5-22(14-18)33-2/h3-14H,15-16H2,1-2H3,(H2,27,28,32). The number of benzene rings is 3. The van der Waals surface area contributed by atoms with Gasteiger partial charge in [0.15, 0.2) is 11.0 Å². The molecule has 0 unspecified atom stereocenters. The maximum atomic E-state index is 12.4. The van der Waals surface area contributed by atoms with Crippen LogP contribution in [0, 0.1) is 6.92 Å². The molecule has 1 heterocycles. The summed E-state index contributed by atoms with van der Waals surface area (Å²) in [5.74, 6) is 2.14. The zero-order valence-electron chi connectivity index (χ0n) is 18.8. The van der Waals surface area contributed by atoms with Crippen molar-refractivity contribution in [1.82, 2.24) is 20.1 Å². The number of carbonyl (C=O) groups is 1. The minimum Gasteiger partial charge on any atom is -0.497 e. The average Bonchev–Trinajstić information content (AvgIpc) is 3.26. The highest BCUT2D eigenvalue weighted by Gasteiger charge is 2.16. The Morgan fingerprint density at radius 3 is 2.56 bits per heavy atom. The van der Waals surface area contributed by atoms with Crippen LogP contribution in [0.5, 0.6) is 5.75 Å². The molecule has 0 radical (unpaired) electrons. The minimum absolute atomic E-state index is 0.208. The van der Waals surface area contributed by atoms with E-state index >= 15 is 0 Å². The first kappa shape index (κ1) is 23.7. The van der Waals surface area contributed by atoms with Gasteiger partial charge in [-0.15, -0.1) is 10.2 Å². The number of rotatable bonds is 8. The Bertz CT molecular complexity index is 1260. The molecule has 4 rings (SSSR count). The number of carbonyl (C=O) groups excluding carboxylic acids is 1. The monoisotopic (exact) mass is 493 g/mol. The number of aromatic nitrogens is 3. The first-order chi connectivity index (χ1) is 16.5. The molecule has 4 aromatic rings. The number of methoxy groups -OCH3 is 1. The van der Waals surface area contributed by atoms with E-state index in [0.29, 0.717) is 22.3 Å². The van der Waals surface area contributed by atoms with Crippen LogP contribution in [0.4, 0.5) is 10.5 Å². The molecule has 0 aliphatic rings. The Hall–Kier alpha value is -3.49. The second-order valence-electron chi connectivity index (χ2n) is 7.52. The predicted octanol–water partition coefficient (Wildman–Crippen LogP) is 5.85.